The molecule has 0 saturated carbocycles. The number of carbonyl (C=O) groups is 1. The van der Waals surface area contributed by atoms with Crippen molar-refractivity contribution >= 4 is 11.7 Å². The number of aromatic nitrogens is 1. The third kappa shape index (κ3) is 3.73. The second kappa shape index (κ2) is 7.41. The molecule has 1 fully saturated rings. The molecule has 1 aliphatic heterocycles. The summed E-state index contributed by atoms with van der Waals surface area (Å²) in [6, 6.07) is 3.98. The van der Waals surface area contributed by atoms with Gasteiger partial charge in [0.2, 0.25) is 0 Å². The van der Waals surface area contributed by atoms with E-state index in [1.807, 2.05) is 31.0 Å². The fraction of sp³-hybridized carbons (Fsp3) is 0.625. The molecule has 116 valence electrons. The Morgan fingerprint density at radius 3 is 3.00 bits per heavy atom. The van der Waals surface area contributed by atoms with Gasteiger partial charge in [0.1, 0.15) is 5.82 Å². The first-order valence-electron chi connectivity index (χ1n) is 7.80. The minimum Gasteiger partial charge on any atom is -0.396 e. The van der Waals surface area contributed by atoms with Crippen molar-refractivity contribution in [1.82, 2.24) is 9.88 Å². The van der Waals surface area contributed by atoms with E-state index < -0.39 is 0 Å². The van der Waals surface area contributed by atoms with Crippen LogP contribution in [0.25, 0.3) is 0 Å². The largest absolute Gasteiger partial charge is 0.396 e. The molecule has 0 spiro atoms. The third-order valence-electron chi connectivity index (χ3n) is 4.08. The summed E-state index contributed by atoms with van der Waals surface area (Å²) in [7, 11) is 1.82. The van der Waals surface area contributed by atoms with E-state index in [4.69, 9.17) is 5.11 Å². The van der Waals surface area contributed by atoms with Gasteiger partial charge in [-0.05, 0) is 44.2 Å². The Hall–Kier alpha value is -1.62. The number of pyridine rings is 1. The summed E-state index contributed by atoms with van der Waals surface area (Å²) in [4.78, 5) is 19.2. The number of hydrogen-bond donors (Lipinski definition) is 2. The quantitative estimate of drug-likeness (QED) is 0.842. The predicted octanol–water partition coefficient (Wildman–Crippen LogP) is 2.06. The first kappa shape index (κ1) is 15.8. The number of rotatable bonds is 6. The van der Waals surface area contributed by atoms with Crippen molar-refractivity contribution in [3.05, 3.63) is 23.4 Å². The summed E-state index contributed by atoms with van der Waals surface area (Å²) in [6.07, 6.45) is 4.53. The van der Waals surface area contributed by atoms with E-state index in [0.29, 0.717) is 5.56 Å². The van der Waals surface area contributed by atoms with Crippen LogP contribution >= 0.6 is 0 Å². The first-order valence-corrected chi connectivity index (χ1v) is 7.80. The number of likely N-dealkylation sites (tertiary alicyclic amines) is 1. The van der Waals surface area contributed by atoms with Crippen LogP contribution in [0.1, 0.15) is 48.7 Å². The lowest BCUT2D eigenvalue weighted by molar-refractivity contribution is 0.0724. The SMILES string of the molecule is CCc1cc(C(=O)N2CCCC2CCCO)cc(NC)n1. The molecule has 1 aromatic rings. The fourth-order valence-electron chi connectivity index (χ4n) is 2.92. The maximum atomic E-state index is 12.8. The van der Waals surface area contributed by atoms with Crippen molar-refractivity contribution in [2.45, 2.75) is 45.1 Å². The summed E-state index contributed by atoms with van der Waals surface area (Å²) >= 11 is 0. The van der Waals surface area contributed by atoms with Crippen molar-refractivity contribution in [3.8, 4) is 0 Å². The Bertz CT molecular complexity index is 468. The van der Waals surface area contributed by atoms with Crippen molar-refractivity contribution in [3.63, 3.8) is 0 Å². The van der Waals surface area contributed by atoms with Gasteiger partial charge in [-0.3, -0.25) is 4.79 Å². The smallest absolute Gasteiger partial charge is 0.254 e. The highest BCUT2D eigenvalue weighted by molar-refractivity contribution is 5.95. The summed E-state index contributed by atoms with van der Waals surface area (Å²) in [5.74, 6) is 0.827. The fourth-order valence-corrected chi connectivity index (χ4v) is 2.92. The Morgan fingerprint density at radius 1 is 1.52 bits per heavy atom. The van der Waals surface area contributed by atoms with Crippen LogP contribution in [-0.4, -0.2) is 47.1 Å². The van der Waals surface area contributed by atoms with Crippen LogP contribution in [0.15, 0.2) is 12.1 Å². The lowest BCUT2D eigenvalue weighted by atomic mass is 10.1. The van der Waals surface area contributed by atoms with Crippen molar-refractivity contribution in [2.24, 2.45) is 0 Å². The topological polar surface area (TPSA) is 65.5 Å². The average molecular weight is 291 g/mol. The molecule has 2 N–H and O–H groups in total. The lowest BCUT2D eigenvalue weighted by Gasteiger charge is -2.25. The molecule has 1 amide bonds. The number of aliphatic hydroxyl groups is 1. The molecule has 5 heteroatoms. The van der Waals surface area contributed by atoms with Crippen molar-refractivity contribution < 1.29 is 9.90 Å². The van der Waals surface area contributed by atoms with Crippen LogP contribution in [0.4, 0.5) is 5.82 Å². The molecule has 21 heavy (non-hydrogen) atoms. The molecule has 0 bridgehead atoms. The summed E-state index contributed by atoms with van der Waals surface area (Å²) in [5, 5.41) is 12.0. The van der Waals surface area contributed by atoms with E-state index in [2.05, 4.69) is 10.3 Å². The number of amides is 1. The average Bonchev–Trinajstić information content (AvgIpc) is 2.99. The number of aliphatic hydroxyl groups excluding tert-OH is 1. The van der Waals surface area contributed by atoms with Gasteiger partial charge >= 0.3 is 0 Å². The predicted molar refractivity (Wildman–Crippen MR) is 83.5 cm³/mol. The number of carbonyl (C=O) groups excluding carboxylic acids is 1. The molecule has 1 aromatic heterocycles. The maximum absolute atomic E-state index is 12.8. The monoisotopic (exact) mass is 291 g/mol. The minimum atomic E-state index is 0.0871. The Morgan fingerprint density at radius 2 is 2.33 bits per heavy atom. The molecule has 1 aliphatic rings. The normalized spacial score (nSPS) is 18.0. The van der Waals surface area contributed by atoms with E-state index in [1.165, 1.54) is 0 Å². The van der Waals surface area contributed by atoms with Crippen LogP contribution in [0.3, 0.4) is 0 Å². The minimum absolute atomic E-state index is 0.0871. The van der Waals surface area contributed by atoms with E-state index >= 15 is 0 Å². The van der Waals surface area contributed by atoms with E-state index in [9.17, 15) is 4.79 Å². The number of anilines is 1. The van der Waals surface area contributed by atoms with Crippen molar-refractivity contribution in [2.75, 3.05) is 25.5 Å². The summed E-state index contributed by atoms with van der Waals surface area (Å²) < 4.78 is 0. The molecule has 0 radical (unpaired) electrons. The number of aryl methyl sites for hydroxylation is 1. The molecule has 5 nitrogen and oxygen atoms in total. The van der Waals surface area contributed by atoms with Gasteiger partial charge < -0.3 is 15.3 Å². The molecule has 2 heterocycles. The van der Waals surface area contributed by atoms with Gasteiger partial charge in [-0.15, -0.1) is 0 Å². The van der Waals surface area contributed by atoms with E-state index in [1.54, 1.807) is 0 Å². The van der Waals surface area contributed by atoms with Crippen LogP contribution in [0, 0.1) is 0 Å². The zero-order valence-electron chi connectivity index (χ0n) is 12.9. The Balaban J connectivity index is 2.18. The lowest BCUT2D eigenvalue weighted by Crippen LogP contribution is -2.35. The summed E-state index contributed by atoms with van der Waals surface area (Å²) in [6.45, 7) is 3.04. The Labute approximate surface area is 126 Å². The van der Waals surface area contributed by atoms with Crippen LogP contribution in [-0.2, 0) is 6.42 Å². The van der Waals surface area contributed by atoms with Crippen LogP contribution in [0.2, 0.25) is 0 Å². The number of nitrogens with one attached hydrogen (secondary N) is 1. The molecule has 1 unspecified atom stereocenters. The van der Waals surface area contributed by atoms with Crippen LogP contribution in [0.5, 0.6) is 0 Å². The van der Waals surface area contributed by atoms with Gasteiger partial charge in [-0.2, -0.15) is 0 Å². The molecule has 0 aliphatic carbocycles. The molecule has 2 rings (SSSR count). The first-order chi connectivity index (χ1) is 10.2. The zero-order chi connectivity index (χ0) is 15.2. The Kier molecular flexibility index (Phi) is 5.56. The highest BCUT2D eigenvalue weighted by atomic mass is 16.3. The van der Waals surface area contributed by atoms with Gasteiger partial charge in [0.25, 0.3) is 5.91 Å². The third-order valence-corrected chi connectivity index (χ3v) is 4.08. The molecule has 1 saturated heterocycles. The van der Waals surface area contributed by atoms with Crippen molar-refractivity contribution in [1.29, 1.82) is 0 Å². The van der Waals surface area contributed by atoms with Gasteiger partial charge in [0, 0.05) is 37.5 Å². The second-order valence-electron chi connectivity index (χ2n) is 5.50. The molecular weight excluding hydrogens is 266 g/mol. The zero-order valence-corrected chi connectivity index (χ0v) is 12.9. The van der Waals surface area contributed by atoms with Gasteiger partial charge in [-0.1, -0.05) is 6.92 Å². The van der Waals surface area contributed by atoms with E-state index in [0.717, 1.165) is 50.2 Å². The van der Waals surface area contributed by atoms with E-state index in [-0.39, 0.29) is 18.6 Å². The molecular formula is C16H25N3O2. The summed E-state index contributed by atoms with van der Waals surface area (Å²) in [5.41, 5.74) is 1.64. The highest BCUT2D eigenvalue weighted by Gasteiger charge is 2.29. The molecule has 0 aromatic carbocycles. The van der Waals surface area contributed by atoms with Gasteiger partial charge in [0.05, 0.1) is 0 Å². The van der Waals surface area contributed by atoms with Gasteiger partial charge in [0.15, 0.2) is 0 Å². The number of nitrogens with zero attached hydrogens (tertiary/aromatic N) is 2. The maximum Gasteiger partial charge on any atom is 0.254 e. The highest BCUT2D eigenvalue weighted by Crippen LogP contribution is 2.24. The van der Waals surface area contributed by atoms with Crippen LogP contribution < -0.4 is 5.32 Å². The number of hydrogen-bond acceptors (Lipinski definition) is 4. The standard InChI is InChI=1S/C16H25N3O2/c1-3-13-10-12(11-15(17-2)18-13)16(21)19-8-4-6-14(19)7-5-9-20/h10-11,14,20H,3-9H2,1-2H3,(H,17,18). The molecule has 1 atom stereocenters. The van der Waals surface area contributed by atoms with Gasteiger partial charge in [-0.25, -0.2) is 4.98 Å². The second-order valence-corrected chi connectivity index (χ2v) is 5.50.